The van der Waals surface area contributed by atoms with Crippen molar-refractivity contribution in [2.24, 2.45) is 11.3 Å². The lowest BCUT2D eigenvalue weighted by molar-refractivity contribution is -0.151. The van der Waals surface area contributed by atoms with E-state index in [1.54, 1.807) is 25.4 Å². The summed E-state index contributed by atoms with van der Waals surface area (Å²) in [5.74, 6) is 1.89. The smallest absolute Gasteiger partial charge is 0.311 e. The molecular formula is C35H45Cl2N7O4. The predicted molar refractivity (Wildman–Crippen MR) is 188 cm³/mol. The Morgan fingerprint density at radius 2 is 1.60 bits per heavy atom. The number of nitrogens with one attached hydrogen (secondary N) is 1. The molecule has 258 valence electrons. The van der Waals surface area contributed by atoms with Crippen LogP contribution in [0.25, 0.3) is 11.3 Å². The van der Waals surface area contributed by atoms with Crippen molar-refractivity contribution in [3.8, 4) is 22.9 Å². The first-order valence-electron chi connectivity index (χ1n) is 16.5. The Bertz CT molecular complexity index is 1540. The fourth-order valence-corrected chi connectivity index (χ4v) is 6.61. The van der Waals surface area contributed by atoms with Gasteiger partial charge >= 0.3 is 5.97 Å². The van der Waals surface area contributed by atoms with Crippen molar-refractivity contribution in [3.63, 3.8) is 0 Å². The number of anilines is 1. The van der Waals surface area contributed by atoms with Gasteiger partial charge in [-0.15, -0.1) is 0 Å². The number of likely N-dealkylation sites (tertiary alicyclic amines) is 1. The molecule has 0 saturated carbocycles. The Labute approximate surface area is 292 Å². The Morgan fingerprint density at radius 3 is 2.23 bits per heavy atom. The number of carbonyl (C=O) groups is 2. The largest absolute Gasteiger partial charge is 0.469 e. The van der Waals surface area contributed by atoms with E-state index in [1.807, 2.05) is 38.1 Å². The van der Waals surface area contributed by atoms with Gasteiger partial charge < -0.3 is 19.7 Å². The van der Waals surface area contributed by atoms with Crippen molar-refractivity contribution in [2.45, 2.75) is 46.6 Å². The zero-order chi connectivity index (χ0) is 34.3. The normalized spacial score (nSPS) is 16.5. The number of pyridine rings is 1. The molecule has 48 heavy (non-hydrogen) atoms. The van der Waals surface area contributed by atoms with Crippen LogP contribution >= 0.6 is 23.2 Å². The zero-order valence-corrected chi connectivity index (χ0v) is 29.7. The molecule has 11 nitrogen and oxygen atoms in total. The molecule has 2 aromatic heterocycles. The summed E-state index contributed by atoms with van der Waals surface area (Å²) in [4.78, 5) is 44.3. The van der Waals surface area contributed by atoms with E-state index in [9.17, 15) is 9.59 Å². The Balaban J connectivity index is 1.23. The third kappa shape index (κ3) is 10.0. The maximum atomic E-state index is 12.0. The minimum atomic E-state index is -0.506. The molecule has 1 aromatic carbocycles. The van der Waals surface area contributed by atoms with E-state index in [0.29, 0.717) is 39.2 Å². The van der Waals surface area contributed by atoms with Gasteiger partial charge in [0, 0.05) is 67.9 Å². The predicted octanol–water partition coefficient (Wildman–Crippen LogP) is 5.70. The fraction of sp³-hybridized carbons (Fsp3) is 0.514. The van der Waals surface area contributed by atoms with Crippen molar-refractivity contribution >= 4 is 41.0 Å². The fourth-order valence-electron chi connectivity index (χ4n) is 6.08. The number of esters is 1. The number of aromatic nitrogens is 3. The number of piperazine rings is 1. The highest BCUT2D eigenvalue weighted by molar-refractivity contribution is 6.35. The lowest BCUT2D eigenvalue weighted by atomic mass is 9.89. The first kappa shape index (κ1) is 35.8. The maximum absolute atomic E-state index is 12.0. The number of benzene rings is 1. The summed E-state index contributed by atoms with van der Waals surface area (Å²) in [6.07, 6.45) is 6.15. The molecule has 1 N–H and O–H groups in total. The van der Waals surface area contributed by atoms with Gasteiger partial charge in [0.2, 0.25) is 17.7 Å². The molecule has 5 rings (SSSR count). The van der Waals surface area contributed by atoms with E-state index < -0.39 is 5.41 Å². The molecule has 2 aliphatic heterocycles. The van der Waals surface area contributed by atoms with Gasteiger partial charge in [-0.2, -0.15) is 0 Å². The van der Waals surface area contributed by atoms with Gasteiger partial charge in [-0.05, 0) is 88.5 Å². The minimum absolute atomic E-state index is 0.0167. The summed E-state index contributed by atoms with van der Waals surface area (Å²) in [5.41, 5.74) is 2.05. The van der Waals surface area contributed by atoms with Crippen LogP contribution in [0.1, 0.15) is 45.6 Å². The molecule has 2 saturated heterocycles. The van der Waals surface area contributed by atoms with E-state index >= 15 is 0 Å². The third-order valence-corrected chi connectivity index (χ3v) is 9.49. The van der Waals surface area contributed by atoms with Crippen molar-refractivity contribution < 1.29 is 19.1 Å². The molecular weight excluding hydrogens is 653 g/mol. The van der Waals surface area contributed by atoms with Gasteiger partial charge in [0.1, 0.15) is 0 Å². The number of piperidine rings is 1. The van der Waals surface area contributed by atoms with Crippen molar-refractivity contribution in [1.82, 2.24) is 30.1 Å². The Morgan fingerprint density at radius 1 is 0.938 bits per heavy atom. The third-order valence-electron chi connectivity index (χ3n) is 9.06. The molecule has 0 bridgehead atoms. The zero-order valence-electron chi connectivity index (χ0n) is 28.2. The molecule has 13 heteroatoms. The lowest BCUT2D eigenvalue weighted by Gasteiger charge is -2.36. The van der Waals surface area contributed by atoms with Crippen LogP contribution < -0.4 is 15.0 Å². The number of nitrogens with zero attached hydrogens (tertiary/aromatic N) is 6. The van der Waals surface area contributed by atoms with Crippen molar-refractivity contribution in [1.29, 1.82) is 0 Å². The van der Waals surface area contributed by atoms with E-state index in [2.05, 4.69) is 30.0 Å². The topological polar surface area (TPSA) is 113 Å². The van der Waals surface area contributed by atoms with Gasteiger partial charge in [0.15, 0.2) is 5.75 Å². The van der Waals surface area contributed by atoms with Crippen LogP contribution in [0.5, 0.6) is 11.6 Å². The summed E-state index contributed by atoms with van der Waals surface area (Å²) in [6, 6.07) is 9.38. The van der Waals surface area contributed by atoms with Crippen LogP contribution in [0, 0.1) is 11.3 Å². The number of hydrogen-bond acceptors (Lipinski definition) is 10. The van der Waals surface area contributed by atoms with Gasteiger partial charge in [0.05, 0.1) is 30.6 Å². The Hall–Kier alpha value is -3.51. The van der Waals surface area contributed by atoms with Crippen LogP contribution in [0.3, 0.4) is 0 Å². The molecule has 0 radical (unpaired) electrons. The molecule has 1 amide bonds. The number of methoxy groups -OCH3 is 1. The van der Waals surface area contributed by atoms with E-state index in [1.165, 1.54) is 7.11 Å². The molecule has 2 fully saturated rings. The van der Waals surface area contributed by atoms with E-state index in [0.717, 1.165) is 89.3 Å². The summed E-state index contributed by atoms with van der Waals surface area (Å²) in [5, 5.41) is 4.01. The van der Waals surface area contributed by atoms with Gasteiger partial charge in [-0.1, -0.05) is 23.2 Å². The quantitative estimate of drug-likeness (QED) is 0.237. The standard InChI is InChI=1S/C35H45Cl2N7O4/c1-24(45)38-20-25-5-8-43(9-6-25)23-26-15-31(27-17-28(36)19-29(37)18-27)41-32(16-26)48-30-21-39-34(40-22-30)44-13-11-42(12-14-44)10-7-35(2,3)33(46)47-4/h15-19,21-22,25H,5-14,20,23H2,1-4H3,(H,38,45). The first-order chi connectivity index (χ1) is 23.0. The summed E-state index contributed by atoms with van der Waals surface area (Å²) in [7, 11) is 1.44. The molecule has 0 aliphatic carbocycles. The maximum Gasteiger partial charge on any atom is 0.311 e. The first-order valence-corrected chi connectivity index (χ1v) is 17.2. The van der Waals surface area contributed by atoms with E-state index in [4.69, 9.17) is 37.7 Å². The summed E-state index contributed by atoms with van der Waals surface area (Å²) < 4.78 is 11.2. The van der Waals surface area contributed by atoms with Crippen molar-refractivity contribution in [3.05, 3.63) is 58.3 Å². The van der Waals surface area contributed by atoms with Crippen molar-refractivity contribution in [2.75, 3.05) is 64.4 Å². The molecule has 0 atom stereocenters. The highest BCUT2D eigenvalue weighted by atomic mass is 35.5. The summed E-state index contributed by atoms with van der Waals surface area (Å²) in [6.45, 7) is 12.9. The Kier molecular flexibility index (Phi) is 12.1. The van der Waals surface area contributed by atoms with E-state index in [-0.39, 0.29) is 11.9 Å². The highest BCUT2D eigenvalue weighted by Gasteiger charge is 2.30. The average Bonchev–Trinajstić information content (AvgIpc) is 3.07. The molecule has 4 heterocycles. The minimum Gasteiger partial charge on any atom is -0.469 e. The number of amides is 1. The van der Waals surface area contributed by atoms with Crippen LogP contribution in [-0.2, 0) is 20.9 Å². The number of ether oxygens (including phenoxy) is 2. The summed E-state index contributed by atoms with van der Waals surface area (Å²) >= 11 is 12.7. The van der Waals surface area contributed by atoms with Gasteiger partial charge in [0.25, 0.3) is 0 Å². The number of carbonyl (C=O) groups excluding carboxylic acids is 2. The van der Waals surface area contributed by atoms with Crippen LogP contribution in [0.2, 0.25) is 10.0 Å². The molecule has 0 unspecified atom stereocenters. The molecule has 0 spiro atoms. The second-order valence-electron chi connectivity index (χ2n) is 13.3. The molecule has 3 aromatic rings. The average molecular weight is 699 g/mol. The lowest BCUT2D eigenvalue weighted by Crippen LogP contribution is -2.48. The highest BCUT2D eigenvalue weighted by Crippen LogP contribution is 2.31. The van der Waals surface area contributed by atoms with Crippen LogP contribution in [-0.4, -0.2) is 96.1 Å². The second-order valence-corrected chi connectivity index (χ2v) is 14.2. The monoisotopic (exact) mass is 697 g/mol. The number of rotatable bonds is 12. The van der Waals surface area contributed by atoms with Gasteiger partial charge in [-0.3, -0.25) is 19.4 Å². The number of halogens is 2. The van der Waals surface area contributed by atoms with Gasteiger partial charge in [-0.25, -0.2) is 15.0 Å². The number of hydrogen-bond donors (Lipinski definition) is 1. The second kappa shape index (κ2) is 16.3. The SMILES string of the molecule is COC(=O)C(C)(C)CCN1CCN(c2ncc(Oc3cc(CN4CCC(CNC(C)=O)CC4)cc(-c4cc(Cl)cc(Cl)c4)n3)cn2)CC1. The van der Waals surface area contributed by atoms with Crippen LogP contribution in [0.15, 0.2) is 42.7 Å². The molecule has 2 aliphatic rings. The van der Waals surface area contributed by atoms with Crippen LogP contribution in [0.4, 0.5) is 5.95 Å².